The van der Waals surface area contributed by atoms with Gasteiger partial charge in [0, 0.05) is 22.9 Å². The molecule has 0 aliphatic carbocycles. The number of para-hydroxylation sites is 1. The topological polar surface area (TPSA) is 60.5 Å². The average Bonchev–Trinajstić information content (AvgIpc) is 3.19. The molecule has 0 bridgehead atoms. The first kappa shape index (κ1) is 16.6. The standard InChI is InChI=1S/C20H18N2O3S/c1-24-14-8-6-13(7-9-14)20-22-17(12-26-20)19(23)21-16-10-11-25-18-5-3-2-4-15(16)18/h2-9,12,16H,10-11H2,1H3,(H,21,23)/t16-/m0/s1. The predicted octanol–water partition coefficient (Wildman–Crippen LogP) is 4.07. The molecule has 1 aliphatic heterocycles. The molecule has 2 aromatic carbocycles. The van der Waals surface area contributed by atoms with Gasteiger partial charge in [0.05, 0.1) is 19.8 Å². The summed E-state index contributed by atoms with van der Waals surface area (Å²) in [6.07, 6.45) is 0.748. The number of carbonyl (C=O) groups is 1. The summed E-state index contributed by atoms with van der Waals surface area (Å²) in [6, 6.07) is 15.4. The fourth-order valence-electron chi connectivity index (χ4n) is 2.97. The molecule has 1 aromatic heterocycles. The van der Waals surface area contributed by atoms with Crippen LogP contribution in [0.2, 0.25) is 0 Å². The molecule has 0 spiro atoms. The molecule has 0 unspecified atom stereocenters. The number of nitrogens with zero attached hydrogens (tertiary/aromatic N) is 1. The molecule has 1 amide bonds. The van der Waals surface area contributed by atoms with Crippen LogP contribution in [0, 0.1) is 0 Å². The maximum Gasteiger partial charge on any atom is 0.271 e. The molecule has 0 saturated heterocycles. The summed E-state index contributed by atoms with van der Waals surface area (Å²) in [5.41, 5.74) is 2.41. The summed E-state index contributed by atoms with van der Waals surface area (Å²) in [6.45, 7) is 0.593. The van der Waals surface area contributed by atoms with Crippen LogP contribution in [0.1, 0.15) is 28.5 Å². The first-order chi connectivity index (χ1) is 12.7. The summed E-state index contributed by atoms with van der Waals surface area (Å²) in [5, 5.41) is 5.68. The minimum Gasteiger partial charge on any atom is -0.497 e. The number of nitrogens with one attached hydrogen (secondary N) is 1. The Morgan fingerprint density at radius 3 is 2.85 bits per heavy atom. The molecule has 2 heterocycles. The van der Waals surface area contributed by atoms with E-state index in [1.165, 1.54) is 11.3 Å². The lowest BCUT2D eigenvalue weighted by Gasteiger charge is -2.26. The van der Waals surface area contributed by atoms with E-state index >= 15 is 0 Å². The molecule has 1 aliphatic rings. The lowest BCUT2D eigenvalue weighted by molar-refractivity contribution is 0.0920. The fourth-order valence-corrected chi connectivity index (χ4v) is 3.77. The molecular formula is C20H18N2O3S. The fraction of sp³-hybridized carbons (Fsp3) is 0.200. The second-order valence-corrected chi connectivity index (χ2v) is 6.83. The monoisotopic (exact) mass is 366 g/mol. The molecule has 26 heavy (non-hydrogen) atoms. The van der Waals surface area contributed by atoms with Crippen LogP contribution in [0.15, 0.2) is 53.9 Å². The zero-order chi connectivity index (χ0) is 17.9. The van der Waals surface area contributed by atoms with Crippen molar-refractivity contribution in [2.45, 2.75) is 12.5 Å². The SMILES string of the molecule is COc1ccc(-c2nc(C(=O)N[C@H]3CCOc4ccccc43)cs2)cc1. The number of rotatable bonds is 4. The van der Waals surface area contributed by atoms with Gasteiger partial charge >= 0.3 is 0 Å². The maximum atomic E-state index is 12.6. The molecule has 132 valence electrons. The molecule has 0 fully saturated rings. The van der Waals surface area contributed by atoms with E-state index in [-0.39, 0.29) is 11.9 Å². The largest absolute Gasteiger partial charge is 0.497 e. The van der Waals surface area contributed by atoms with Crippen LogP contribution >= 0.6 is 11.3 Å². The van der Waals surface area contributed by atoms with Gasteiger partial charge in [-0.1, -0.05) is 18.2 Å². The quantitative estimate of drug-likeness (QED) is 0.756. The van der Waals surface area contributed by atoms with Gasteiger partial charge in [0.15, 0.2) is 0 Å². The number of benzene rings is 2. The Morgan fingerprint density at radius 2 is 2.04 bits per heavy atom. The zero-order valence-electron chi connectivity index (χ0n) is 14.3. The highest BCUT2D eigenvalue weighted by Crippen LogP contribution is 2.32. The third kappa shape index (κ3) is 3.28. The van der Waals surface area contributed by atoms with E-state index in [1.54, 1.807) is 12.5 Å². The van der Waals surface area contributed by atoms with Crippen molar-refractivity contribution < 1.29 is 14.3 Å². The van der Waals surface area contributed by atoms with Crippen LogP contribution in [0.4, 0.5) is 0 Å². The predicted molar refractivity (Wildman–Crippen MR) is 101 cm³/mol. The van der Waals surface area contributed by atoms with E-state index in [9.17, 15) is 4.79 Å². The van der Waals surface area contributed by atoms with Crippen LogP contribution in [0.3, 0.4) is 0 Å². The lowest BCUT2D eigenvalue weighted by atomic mass is 10.0. The number of amides is 1. The smallest absolute Gasteiger partial charge is 0.271 e. The van der Waals surface area contributed by atoms with Crippen LogP contribution in [0.5, 0.6) is 11.5 Å². The molecule has 3 aromatic rings. The van der Waals surface area contributed by atoms with Crippen molar-refractivity contribution >= 4 is 17.2 Å². The van der Waals surface area contributed by atoms with Crippen molar-refractivity contribution in [1.82, 2.24) is 10.3 Å². The van der Waals surface area contributed by atoms with Gasteiger partial charge in [0.1, 0.15) is 22.2 Å². The highest BCUT2D eigenvalue weighted by Gasteiger charge is 2.24. The molecule has 0 saturated carbocycles. The number of ether oxygens (including phenoxy) is 2. The maximum absolute atomic E-state index is 12.6. The van der Waals surface area contributed by atoms with Gasteiger partial charge in [-0.15, -0.1) is 11.3 Å². The first-order valence-electron chi connectivity index (χ1n) is 8.37. The van der Waals surface area contributed by atoms with Gasteiger partial charge in [-0.2, -0.15) is 0 Å². The number of hydrogen-bond donors (Lipinski definition) is 1. The number of fused-ring (bicyclic) bond motifs is 1. The van der Waals surface area contributed by atoms with Gasteiger partial charge in [-0.3, -0.25) is 4.79 Å². The Labute approximate surface area is 155 Å². The summed E-state index contributed by atoms with van der Waals surface area (Å²) in [7, 11) is 1.63. The van der Waals surface area contributed by atoms with Crippen molar-refractivity contribution in [2.75, 3.05) is 13.7 Å². The van der Waals surface area contributed by atoms with Gasteiger partial charge < -0.3 is 14.8 Å². The summed E-state index contributed by atoms with van der Waals surface area (Å²) < 4.78 is 10.8. The van der Waals surface area contributed by atoms with Crippen molar-refractivity contribution in [3.05, 3.63) is 65.2 Å². The van der Waals surface area contributed by atoms with Crippen LogP contribution < -0.4 is 14.8 Å². The molecule has 4 rings (SSSR count). The number of carbonyl (C=O) groups excluding carboxylic acids is 1. The lowest BCUT2D eigenvalue weighted by Crippen LogP contribution is -2.32. The second-order valence-electron chi connectivity index (χ2n) is 5.97. The number of hydrogen-bond acceptors (Lipinski definition) is 5. The van der Waals surface area contributed by atoms with E-state index in [0.717, 1.165) is 34.1 Å². The van der Waals surface area contributed by atoms with E-state index in [2.05, 4.69) is 10.3 Å². The number of aromatic nitrogens is 1. The summed E-state index contributed by atoms with van der Waals surface area (Å²) in [5.74, 6) is 1.46. The third-order valence-corrected chi connectivity index (χ3v) is 5.23. The molecule has 0 radical (unpaired) electrons. The van der Waals surface area contributed by atoms with Crippen molar-refractivity contribution in [1.29, 1.82) is 0 Å². The Bertz CT molecular complexity index is 921. The van der Waals surface area contributed by atoms with E-state index in [0.29, 0.717) is 12.3 Å². The highest BCUT2D eigenvalue weighted by atomic mass is 32.1. The van der Waals surface area contributed by atoms with E-state index < -0.39 is 0 Å². The molecule has 5 nitrogen and oxygen atoms in total. The summed E-state index contributed by atoms with van der Waals surface area (Å²) in [4.78, 5) is 17.1. The second kappa shape index (κ2) is 7.17. The normalized spacial score (nSPS) is 15.7. The third-order valence-electron chi connectivity index (χ3n) is 4.34. The Hall–Kier alpha value is -2.86. The minimum atomic E-state index is -0.164. The zero-order valence-corrected chi connectivity index (χ0v) is 15.1. The number of thiazole rings is 1. The van der Waals surface area contributed by atoms with Gasteiger partial charge in [-0.25, -0.2) is 4.98 Å². The highest BCUT2D eigenvalue weighted by molar-refractivity contribution is 7.13. The van der Waals surface area contributed by atoms with Crippen LogP contribution in [0.25, 0.3) is 10.6 Å². The van der Waals surface area contributed by atoms with E-state index in [4.69, 9.17) is 9.47 Å². The van der Waals surface area contributed by atoms with Crippen molar-refractivity contribution in [3.8, 4) is 22.1 Å². The summed E-state index contributed by atoms with van der Waals surface area (Å²) >= 11 is 1.45. The molecular weight excluding hydrogens is 348 g/mol. The Kier molecular flexibility index (Phi) is 4.58. The molecule has 1 N–H and O–H groups in total. The van der Waals surface area contributed by atoms with Gasteiger partial charge in [0.25, 0.3) is 5.91 Å². The van der Waals surface area contributed by atoms with Crippen LogP contribution in [-0.2, 0) is 0 Å². The first-order valence-corrected chi connectivity index (χ1v) is 9.25. The van der Waals surface area contributed by atoms with E-state index in [1.807, 2.05) is 48.5 Å². The Balaban J connectivity index is 1.50. The minimum absolute atomic E-state index is 0.0569. The Morgan fingerprint density at radius 1 is 1.23 bits per heavy atom. The molecule has 6 heteroatoms. The average molecular weight is 366 g/mol. The van der Waals surface area contributed by atoms with Crippen LogP contribution in [-0.4, -0.2) is 24.6 Å². The van der Waals surface area contributed by atoms with Gasteiger partial charge in [-0.05, 0) is 30.3 Å². The molecule has 1 atom stereocenters. The van der Waals surface area contributed by atoms with Crippen molar-refractivity contribution in [2.24, 2.45) is 0 Å². The van der Waals surface area contributed by atoms with Gasteiger partial charge in [0.2, 0.25) is 0 Å². The number of methoxy groups -OCH3 is 1. The van der Waals surface area contributed by atoms with Crippen molar-refractivity contribution in [3.63, 3.8) is 0 Å².